The summed E-state index contributed by atoms with van der Waals surface area (Å²) in [6, 6.07) is 11.1. The molecule has 0 saturated heterocycles. The number of para-hydroxylation sites is 1. The first-order valence-electron chi connectivity index (χ1n) is 7.39. The molecule has 0 N–H and O–H groups in total. The molecule has 0 fully saturated rings. The molecule has 4 nitrogen and oxygen atoms in total. The SMILES string of the molecule is Cc1c(C(=O)OCCCC(=O)c2cccs2)oc2ccccc12. The van der Waals surface area contributed by atoms with Gasteiger partial charge in [-0.15, -0.1) is 11.3 Å². The molecule has 0 saturated carbocycles. The van der Waals surface area contributed by atoms with Crippen molar-refractivity contribution >= 4 is 34.1 Å². The van der Waals surface area contributed by atoms with Gasteiger partial charge in [0.2, 0.25) is 5.76 Å². The molecule has 0 spiro atoms. The summed E-state index contributed by atoms with van der Waals surface area (Å²) in [7, 11) is 0. The van der Waals surface area contributed by atoms with Crippen molar-refractivity contribution < 1.29 is 18.7 Å². The average molecular weight is 328 g/mol. The molecule has 0 aliphatic carbocycles. The zero-order chi connectivity index (χ0) is 16.2. The van der Waals surface area contributed by atoms with Gasteiger partial charge in [-0.05, 0) is 30.9 Å². The van der Waals surface area contributed by atoms with Gasteiger partial charge in [-0.2, -0.15) is 0 Å². The van der Waals surface area contributed by atoms with Gasteiger partial charge in [0.05, 0.1) is 11.5 Å². The predicted octanol–water partition coefficient (Wildman–Crippen LogP) is 4.62. The van der Waals surface area contributed by atoms with Crippen molar-refractivity contribution in [3.8, 4) is 0 Å². The highest BCUT2D eigenvalue weighted by atomic mass is 32.1. The number of hydrogen-bond donors (Lipinski definition) is 0. The van der Waals surface area contributed by atoms with Crippen LogP contribution in [0.4, 0.5) is 0 Å². The maximum absolute atomic E-state index is 12.1. The Morgan fingerprint density at radius 2 is 2.00 bits per heavy atom. The van der Waals surface area contributed by atoms with E-state index in [0.29, 0.717) is 18.4 Å². The zero-order valence-electron chi connectivity index (χ0n) is 12.7. The van der Waals surface area contributed by atoms with Crippen LogP contribution < -0.4 is 0 Å². The van der Waals surface area contributed by atoms with Crippen molar-refractivity contribution in [2.75, 3.05) is 6.61 Å². The van der Waals surface area contributed by atoms with Crippen LogP contribution in [0.15, 0.2) is 46.2 Å². The van der Waals surface area contributed by atoms with Gasteiger partial charge in [-0.25, -0.2) is 4.79 Å². The van der Waals surface area contributed by atoms with Crippen molar-refractivity contribution in [2.45, 2.75) is 19.8 Å². The van der Waals surface area contributed by atoms with Gasteiger partial charge in [0.15, 0.2) is 5.78 Å². The number of carbonyl (C=O) groups excluding carboxylic acids is 2. The minimum absolute atomic E-state index is 0.0796. The average Bonchev–Trinajstić information content (AvgIpc) is 3.20. The molecule has 0 aliphatic rings. The molecule has 0 atom stereocenters. The van der Waals surface area contributed by atoms with Gasteiger partial charge in [-0.1, -0.05) is 24.3 Å². The number of fused-ring (bicyclic) bond motifs is 1. The molecule has 5 heteroatoms. The number of carbonyl (C=O) groups is 2. The highest BCUT2D eigenvalue weighted by Gasteiger charge is 2.18. The Morgan fingerprint density at radius 1 is 1.17 bits per heavy atom. The molecule has 2 aromatic heterocycles. The molecule has 3 aromatic rings. The number of furan rings is 1. The van der Waals surface area contributed by atoms with Crippen molar-refractivity contribution in [3.05, 3.63) is 58.0 Å². The fraction of sp³-hybridized carbons (Fsp3) is 0.222. The Kier molecular flexibility index (Phi) is 4.57. The van der Waals surface area contributed by atoms with Crippen LogP contribution >= 0.6 is 11.3 Å². The monoisotopic (exact) mass is 328 g/mol. The predicted molar refractivity (Wildman–Crippen MR) is 89.1 cm³/mol. The van der Waals surface area contributed by atoms with Crippen LogP contribution in [0.5, 0.6) is 0 Å². The van der Waals surface area contributed by atoms with Crippen LogP contribution in [0, 0.1) is 6.92 Å². The molecular weight excluding hydrogens is 312 g/mol. The van der Waals surface area contributed by atoms with Gasteiger partial charge in [-0.3, -0.25) is 4.79 Å². The van der Waals surface area contributed by atoms with Crippen molar-refractivity contribution in [1.82, 2.24) is 0 Å². The first kappa shape index (κ1) is 15.5. The van der Waals surface area contributed by atoms with Gasteiger partial charge < -0.3 is 9.15 Å². The first-order chi connectivity index (χ1) is 11.2. The third-order valence-corrected chi connectivity index (χ3v) is 4.52. The van der Waals surface area contributed by atoms with Crippen LogP contribution in [0.25, 0.3) is 11.0 Å². The van der Waals surface area contributed by atoms with E-state index in [-0.39, 0.29) is 18.2 Å². The van der Waals surface area contributed by atoms with E-state index in [1.165, 1.54) is 11.3 Å². The normalized spacial score (nSPS) is 10.8. The molecule has 0 aliphatic heterocycles. The maximum atomic E-state index is 12.1. The lowest BCUT2D eigenvalue weighted by molar-refractivity contribution is 0.0460. The zero-order valence-corrected chi connectivity index (χ0v) is 13.5. The molecule has 3 rings (SSSR count). The number of Topliss-reactive ketones (excluding diaryl/α,β-unsaturated/α-hetero) is 1. The van der Waals surface area contributed by atoms with E-state index in [0.717, 1.165) is 15.8 Å². The summed E-state index contributed by atoms with van der Waals surface area (Å²) in [5.41, 5.74) is 1.45. The number of ketones is 1. The largest absolute Gasteiger partial charge is 0.460 e. The molecular formula is C18H16O4S. The summed E-state index contributed by atoms with van der Waals surface area (Å²) in [5, 5.41) is 2.78. The standard InChI is InChI=1S/C18H16O4S/c1-12-13-6-2-3-8-15(13)22-17(12)18(20)21-10-4-7-14(19)16-9-5-11-23-16/h2-3,5-6,8-9,11H,4,7,10H2,1H3. The van der Waals surface area contributed by atoms with Crippen molar-refractivity contribution in [3.63, 3.8) is 0 Å². The number of esters is 1. The van der Waals surface area contributed by atoms with Crippen LogP contribution in [0.2, 0.25) is 0 Å². The fourth-order valence-corrected chi connectivity index (χ4v) is 3.09. The number of rotatable bonds is 6. The first-order valence-corrected chi connectivity index (χ1v) is 8.27. The van der Waals surface area contributed by atoms with E-state index in [1.807, 2.05) is 42.6 Å². The third-order valence-electron chi connectivity index (χ3n) is 3.61. The van der Waals surface area contributed by atoms with Crippen molar-refractivity contribution in [2.24, 2.45) is 0 Å². The van der Waals surface area contributed by atoms with Gasteiger partial charge in [0.25, 0.3) is 0 Å². The lowest BCUT2D eigenvalue weighted by Crippen LogP contribution is -2.08. The minimum Gasteiger partial charge on any atom is -0.460 e. The number of hydrogen-bond acceptors (Lipinski definition) is 5. The summed E-state index contributed by atoms with van der Waals surface area (Å²) < 4.78 is 10.8. The molecule has 0 amide bonds. The second-order valence-corrected chi connectivity index (χ2v) is 6.14. The number of benzene rings is 1. The summed E-state index contributed by atoms with van der Waals surface area (Å²) in [6.45, 7) is 2.04. The smallest absolute Gasteiger partial charge is 0.374 e. The van der Waals surface area contributed by atoms with E-state index < -0.39 is 5.97 Å². The highest BCUT2D eigenvalue weighted by molar-refractivity contribution is 7.12. The number of thiophene rings is 1. The van der Waals surface area contributed by atoms with E-state index in [2.05, 4.69) is 0 Å². The maximum Gasteiger partial charge on any atom is 0.374 e. The summed E-state index contributed by atoms with van der Waals surface area (Å²) in [4.78, 5) is 24.7. The second-order valence-electron chi connectivity index (χ2n) is 5.19. The third kappa shape index (κ3) is 3.35. The highest BCUT2D eigenvalue weighted by Crippen LogP contribution is 2.25. The Labute approximate surface area is 137 Å². The van der Waals surface area contributed by atoms with Gasteiger partial charge >= 0.3 is 5.97 Å². The molecule has 118 valence electrons. The molecule has 2 heterocycles. The minimum atomic E-state index is -0.484. The molecule has 0 unspecified atom stereocenters. The fourth-order valence-electron chi connectivity index (χ4n) is 2.39. The topological polar surface area (TPSA) is 56.5 Å². The molecule has 0 radical (unpaired) electrons. The number of aryl methyl sites for hydroxylation is 1. The van der Waals surface area contributed by atoms with E-state index in [4.69, 9.17) is 9.15 Å². The quantitative estimate of drug-likeness (QED) is 0.376. The Bertz CT molecular complexity index is 830. The lowest BCUT2D eigenvalue weighted by Gasteiger charge is -2.03. The van der Waals surface area contributed by atoms with Gasteiger partial charge in [0, 0.05) is 17.4 Å². The van der Waals surface area contributed by atoms with Crippen LogP contribution in [-0.4, -0.2) is 18.4 Å². The van der Waals surface area contributed by atoms with Crippen LogP contribution in [0.1, 0.15) is 38.6 Å². The summed E-state index contributed by atoms with van der Waals surface area (Å²) >= 11 is 1.42. The molecule has 0 bridgehead atoms. The van der Waals surface area contributed by atoms with Crippen LogP contribution in [0.3, 0.4) is 0 Å². The molecule has 23 heavy (non-hydrogen) atoms. The number of ether oxygens (including phenoxy) is 1. The summed E-state index contributed by atoms with van der Waals surface area (Å²) in [6.07, 6.45) is 0.870. The second kappa shape index (κ2) is 6.79. The Balaban J connectivity index is 1.55. The van der Waals surface area contributed by atoms with Crippen molar-refractivity contribution in [1.29, 1.82) is 0 Å². The van der Waals surface area contributed by atoms with E-state index in [9.17, 15) is 9.59 Å². The summed E-state index contributed by atoms with van der Waals surface area (Å²) in [5.74, 6) is -0.172. The van der Waals surface area contributed by atoms with Gasteiger partial charge in [0.1, 0.15) is 5.58 Å². The van der Waals surface area contributed by atoms with E-state index >= 15 is 0 Å². The Morgan fingerprint density at radius 3 is 2.74 bits per heavy atom. The lowest BCUT2D eigenvalue weighted by atomic mass is 10.1. The van der Waals surface area contributed by atoms with Crippen LogP contribution in [-0.2, 0) is 4.74 Å². The Hall–Kier alpha value is -2.40. The molecule has 1 aromatic carbocycles. The van der Waals surface area contributed by atoms with E-state index in [1.54, 1.807) is 6.07 Å².